The summed E-state index contributed by atoms with van der Waals surface area (Å²) < 4.78 is 10.6. The second-order valence-corrected chi connectivity index (χ2v) is 4.20. The molecule has 1 N–H and O–H groups in total. The van der Waals surface area contributed by atoms with Gasteiger partial charge in [-0.3, -0.25) is 4.79 Å². The highest BCUT2D eigenvalue weighted by atomic mass is 16.7. The van der Waals surface area contributed by atoms with Crippen LogP contribution in [0.4, 0.5) is 0 Å². The Morgan fingerprint density at radius 2 is 2.11 bits per heavy atom. The summed E-state index contributed by atoms with van der Waals surface area (Å²) in [6.45, 7) is 3.62. The van der Waals surface area contributed by atoms with Gasteiger partial charge in [-0.2, -0.15) is 5.10 Å². The van der Waals surface area contributed by atoms with Crippen LogP contribution in [-0.4, -0.2) is 18.4 Å². The second kappa shape index (κ2) is 5.53. The van der Waals surface area contributed by atoms with Crippen LogP contribution in [-0.2, 0) is 11.2 Å². The molecule has 0 spiro atoms. The van der Waals surface area contributed by atoms with Gasteiger partial charge in [0, 0.05) is 12.6 Å². The molecule has 1 heterocycles. The van der Waals surface area contributed by atoms with Crippen LogP contribution in [0, 0.1) is 0 Å². The molecule has 1 aliphatic rings. The molecule has 1 aromatic rings. The van der Waals surface area contributed by atoms with E-state index < -0.39 is 0 Å². The minimum absolute atomic E-state index is 0.155. The highest BCUT2D eigenvalue weighted by molar-refractivity contribution is 5.84. The first-order valence-electron chi connectivity index (χ1n) is 5.83. The molecule has 1 aliphatic heterocycles. The minimum atomic E-state index is -0.155. The Morgan fingerprint density at radius 3 is 2.89 bits per heavy atom. The largest absolute Gasteiger partial charge is 0.454 e. The Kier molecular flexibility index (Phi) is 3.82. The van der Waals surface area contributed by atoms with Crippen molar-refractivity contribution in [3.05, 3.63) is 23.8 Å². The zero-order chi connectivity index (χ0) is 13.0. The highest BCUT2D eigenvalue weighted by Crippen LogP contribution is 2.32. The quantitative estimate of drug-likeness (QED) is 0.653. The fraction of sp³-hybridized carbons (Fsp3) is 0.385. The van der Waals surface area contributed by atoms with E-state index in [-0.39, 0.29) is 5.91 Å². The molecule has 5 nitrogen and oxygen atoms in total. The van der Waals surface area contributed by atoms with Crippen molar-refractivity contribution in [2.75, 3.05) is 6.79 Å². The maximum Gasteiger partial charge on any atom is 0.236 e. The van der Waals surface area contributed by atoms with E-state index in [1.807, 2.05) is 25.1 Å². The zero-order valence-corrected chi connectivity index (χ0v) is 10.5. The Morgan fingerprint density at radius 1 is 1.33 bits per heavy atom. The van der Waals surface area contributed by atoms with Gasteiger partial charge in [-0.25, -0.2) is 5.43 Å². The van der Waals surface area contributed by atoms with E-state index in [9.17, 15) is 4.79 Å². The molecule has 5 heteroatoms. The number of rotatable bonds is 4. The first-order chi connectivity index (χ1) is 8.65. The van der Waals surface area contributed by atoms with Crippen molar-refractivity contribution in [3.63, 3.8) is 0 Å². The fourth-order valence-corrected chi connectivity index (χ4v) is 1.65. The Balaban J connectivity index is 1.90. The highest BCUT2D eigenvalue weighted by Gasteiger charge is 2.12. The summed E-state index contributed by atoms with van der Waals surface area (Å²) in [4.78, 5) is 10.7. The molecular weight excluding hydrogens is 232 g/mol. The minimum Gasteiger partial charge on any atom is -0.454 e. The predicted octanol–water partition coefficient (Wildman–Crippen LogP) is 1.86. The third-order valence-corrected chi connectivity index (χ3v) is 2.62. The van der Waals surface area contributed by atoms with E-state index in [2.05, 4.69) is 10.5 Å². The maximum atomic E-state index is 10.7. The third-order valence-electron chi connectivity index (χ3n) is 2.62. The van der Waals surface area contributed by atoms with Gasteiger partial charge >= 0.3 is 0 Å². The van der Waals surface area contributed by atoms with E-state index in [1.54, 1.807) is 0 Å². The lowest BCUT2D eigenvalue weighted by Gasteiger charge is -2.03. The van der Waals surface area contributed by atoms with E-state index >= 15 is 0 Å². The average molecular weight is 248 g/mol. The summed E-state index contributed by atoms with van der Waals surface area (Å²) in [5.74, 6) is 1.43. The number of hydrogen-bond donors (Lipinski definition) is 1. The summed E-state index contributed by atoms with van der Waals surface area (Å²) in [6, 6.07) is 5.91. The molecular formula is C13H16N2O3. The molecule has 0 aromatic heterocycles. The molecule has 1 aromatic carbocycles. The molecule has 0 radical (unpaired) electrons. The van der Waals surface area contributed by atoms with Gasteiger partial charge in [0.15, 0.2) is 11.5 Å². The lowest BCUT2D eigenvalue weighted by molar-refractivity contribution is -0.118. The zero-order valence-electron chi connectivity index (χ0n) is 10.5. The fourth-order valence-electron chi connectivity index (χ4n) is 1.65. The number of hydrazone groups is 1. The first-order valence-corrected chi connectivity index (χ1v) is 5.83. The Bertz CT molecular complexity index is 483. The van der Waals surface area contributed by atoms with Crippen molar-refractivity contribution in [1.29, 1.82) is 0 Å². The van der Waals surface area contributed by atoms with Crippen molar-refractivity contribution in [3.8, 4) is 11.5 Å². The summed E-state index contributed by atoms with van der Waals surface area (Å²) >= 11 is 0. The Hall–Kier alpha value is -2.04. The van der Waals surface area contributed by atoms with Crippen molar-refractivity contribution in [2.45, 2.75) is 26.7 Å². The number of aryl methyl sites for hydroxylation is 1. The predicted molar refractivity (Wildman–Crippen MR) is 67.8 cm³/mol. The monoisotopic (exact) mass is 248 g/mol. The standard InChI is InChI=1S/C13H16N2O3/c1-9(14-15-10(2)16)3-4-11-5-6-12-13(7-11)18-8-17-12/h5-7H,3-4,8H2,1-2H3,(H,15,16). The normalized spacial score (nSPS) is 13.6. The van der Waals surface area contributed by atoms with E-state index in [0.29, 0.717) is 6.79 Å². The van der Waals surface area contributed by atoms with Crippen molar-refractivity contribution in [1.82, 2.24) is 5.43 Å². The molecule has 0 saturated carbocycles. The summed E-state index contributed by atoms with van der Waals surface area (Å²) in [6.07, 6.45) is 1.64. The number of carbonyl (C=O) groups excluding carboxylic acids is 1. The number of carbonyl (C=O) groups is 1. The van der Waals surface area contributed by atoms with Crippen LogP contribution in [0.25, 0.3) is 0 Å². The number of nitrogens with one attached hydrogen (secondary N) is 1. The number of fused-ring (bicyclic) bond motifs is 1. The van der Waals surface area contributed by atoms with Gasteiger partial charge in [-0.1, -0.05) is 6.07 Å². The topological polar surface area (TPSA) is 59.9 Å². The number of nitrogens with zero attached hydrogens (tertiary/aromatic N) is 1. The van der Waals surface area contributed by atoms with Crippen LogP contribution >= 0.6 is 0 Å². The number of amides is 1. The average Bonchev–Trinajstić information content (AvgIpc) is 2.81. The van der Waals surface area contributed by atoms with Crippen LogP contribution in [0.1, 0.15) is 25.8 Å². The van der Waals surface area contributed by atoms with Gasteiger partial charge in [0.2, 0.25) is 12.7 Å². The second-order valence-electron chi connectivity index (χ2n) is 4.20. The number of hydrogen-bond acceptors (Lipinski definition) is 4. The molecule has 0 bridgehead atoms. The molecule has 0 aliphatic carbocycles. The van der Waals surface area contributed by atoms with Crippen LogP contribution in [0.5, 0.6) is 11.5 Å². The van der Waals surface area contributed by atoms with Gasteiger partial charge in [0.25, 0.3) is 0 Å². The summed E-state index contributed by atoms with van der Waals surface area (Å²) in [5, 5.41) is 3.97. The molecule has 0 saturated heterocycles. The number of ether oxygens (including phenoxy) is 2. The molecule has 0 fully saturated rings. The molecule has 96 valence electrons. The van der Waals surface area contributed by atoms with E-state index in [4.69, 9.17) is 9.47 Å². The molecule has 0 atom stereocenters. The van der Waals surface area contributed by atoms with Gasteiger partial charge in [0.1, 0.15) is 0 Å². The van der Waals surface area contributed by atoms with Crippen LogP contribution in [0.2, 0.25) is 0 Å². The van der Waals surface area contributed by atoms with Gasteiger partial charge in [-0.05, 0) is 37.5 Å². The molecule has 0 unspecified atom stereocenters. The first kappa shape index (κ1) is 12.4. The van der Waals surface area contributed by atoms with Crippen LogP contribution in [0.3, 0.4) is 0 Å². The number of benzene rings is 1. The molecule has 1 amide bonds. The van der Waals surface area contributed by atoms with Gasteiger partial charge in [-0.15, -0.1) is 0 Å². The summed E-state index contributed by atoms with van der Waals surface area (Å²) in [5.41, 5.74) is 4.48. The van der Waals surface area contributed by atoms with Gasteiger partial charge < -0.3 is 9.47 Å². The van der Waals surface area contributed by atoms with Gasteiger partial charge in [0.05, 0.1) is 0 Å². The third kappa shape index (κ3) is 3.23. The summed E-state index contributed by atoms with van der Waals surface area (Å²) in [7, 11) is 0. The smallest absolute Gasteiger partial charge is 0.236 e. The maximum absolute atomic E-state index is 10.7. The lowest BCUT2D eigenvalue weighted by atomic mass is 10.1. The lowest BCUT2D eigenvalue weighted by Crippen LogP contribution is -2.14. The Labute approximate surface area is 106 Å². The van der Waals surface area contributed by atoms with Crippen LogP contribution in [0.15, 0.2) is 23.3 Å². The van der Waals surface area contributed by atoms with Crippen molar-refractivity contribution >= 4 is 11.6 Å². The van der Waals surface area contributed by atoms with Crippen molar-refractivity contribution < 1.29 is 14.3 Å². The SMILES string of the molecule is CC(=O)NN=C(C)CCc1ccc2c(c1)OCO2. The van der Waals surface area contributed by atoms with E-state index in [0.717, 1.165) is 35.6 Å². The molecule has 18 heavy (non-hydrogen) atoms. The molecule has 2 rings (SSSR count). The van der Waals surface area contributed by atoms with E-state index in [1.165, 1.54) is 6.92 Å². The van der Waals surface area contributed by atoms with Crippen molar-refractivity contribution in [2.24, 2.45) is 5.10 Å². The van der Waals surface area contributed by atoms with Crippen LogP contribution < -0.4 is 14.9 Å².